The monoisotopic (exact) mass is 510 g/mol. The minimum atomic E-state index is -4.26. The summed E-state index contributed by atoms with van der Waals surface area (Å²) in [6, 6.07) is 11.0. The molecule has 0 spiro atoms. The van der Waals surface area contributed by atoms with E-state index in [0.29, 0.717) is 11.5 Å². The SMILES string of the molecule is FC(F)(F)Cc1ccc([O][Zr+2][O]c2ccc(CC(F)(F)F)cc2)cc1.[Cl-].[Cl-]. The van der Waals surface area contributed by atoms with E-state index in [4.69, 9.17) is 5.63 Å². The molecule has 2 rings (SSSR count). The first kappa shape index (κ1) is 26.1. The Labute approximate surface area is 176 Å². The zero-order valence-electron chi connectivity index (χ0n) is 13.4. The van der Waals surface area contributed by atoms with Crippen LogP contribution in [-0.2, 0) is 37.0 Å². The maximum atomic E-state index is 12.2. The summed E-state index contributed by atoms with van der Waals surface area (Å²) in [5, 5.41) is 0. The van der Waals surface area contributed by atoms with Crippen LogP contribution >= 0.6 is 0 Å². The van der Waals surface area contributed by atoms with Crippen LogP contribution in [0.2, 0.25) is 0 Å². The third-order valence-electron chi connectivity index (χ3n) is 2.97. The molecule has 0 radical (unpaired) electrons. The fourth-order valence-corrected chi connectivity index (χ4v) is 3.18. The number of halogens is 8. The molecule has 148 valence electrons. The molecule has 0 fully saturated rings. The Kier molecular flexibility index (Phi) is 10.8. The van der Waals surface area contributed by atoms with E-state index in [9.17, 15) is 26.3 Å². The summed E-state index contributed by atoms with van der Waals surface area (Å²) >= 11 is -1.81. The van der Waals surface area contributed by atoms with Gasteiger partial charge in [-0.05, 0) is 0 Å². The van der Waals surface area contributed by atoms with Crippen molar-refractivity contribution in [3.05, 3.63) is 59.7 Å². The van der Waals surface area contributed by atoms with Crippen molar-refractivity contribution in [2.45, 2.75) is 25.2 Å². The largest absolute Gasteiger partial charge is 1.00 e. The van der Waals surface area contributed by atoms with Gasteiger partial charge in [0.05, 0.1) is 0 Å². The Morgan fingerprint density at radius 2 is 0.889 bits per heavy atom. The molecule has 0 heterocycles. The van der Waals surface area contributed by atoms with E-state index < -0.39 is 49.3 Å². The molecular formula is C16H12Cl2F6O2Zr. The minimum Gasteiger partial charge on any atom is -1.00 e. The van der Waals surface area contributed by atoms with E-state index in [2.05, 4.69) is 0 Å². The van der Waals surface area contributed by atoms with E-state index in [1.54, 1.807) is 0 Å². The summed E-state index contributed by atoms with van der Waals surface area (Å²) in [7, 11) is 0. The van der Waals surface area contributed by atoms with Crippen LogP contribution in [0.15, 0.2) is 48.5 Å². The summed E-state index contributed by atoms with van der Waals surface area (Å²) in [6.07, 6.45) is -10.5. The third-order valence-corrected chi connectivity index (χ3v) is 4.54. The molecule has 2 aromatic rings. The summed E-state index contributed by atoms with van der Waals surface area (Å²) < 4.78 is 84.3. The zero-order valence-corrected chi connectivity index (χ0v) is 17.3. The second-order valence-corrected chi connectivity index (χ2v) is 6.57. The maximum Gasteiger partial charge on any atom is -1.00 e. The van der Waals surface area contributed by atoms with Crippen LogP contribution in [0.3, 0.4) is 0 Å². The maximum absolute atomic E-state index is 12.2. The minimum absolute atomic E-state index is 0. The first-order valence-corrected chi connectivity index (χ1v) is 9.01. The first-order valence-electron chi connectivity index (χ1n) is 7.01. The van der Waals surface area contributed by atoms with Crippen LogP contribution in [0.1, 0.15) is 11.1 Å². The second-order valence-electron chi connectivity index (χ2n) is 5.16. The van der Waals surface area contributed by atoms with Crippen LogP contribution in [0.4, 0.5) is 26.3 Å². The van der Waals surface area contributed by atoms with Crippen LogP contribution in [0.25, 0.3) is 0 Å². The predicted octanol–water partition coefficient (Wildman–Crippen LogP) is -0.726. The van der Waals surface area contributed by atoms with Crippen molar-refractivity contribution >= 4 is 0 Å². The van der Waals surface area contributed by atoms with Gasteiger partial charge in [-0.25, -0.2) is 0 Å². The predicted molar refractivity (Wildman–Crippen MR) is 73.7 cm³/mol. The average molecular weight is 512 g/mol. The van der Waals surface area contributed by atoms with Gasteiger partial charge in [-0.1, -0.05) is 0 Å². The molecule has 0 aromatic heterocycles. The van der Waals surface area contributed by atoms with Gasteiger partial charge in [0.1, 0.15) is 0 Å². The fraction of sp³-hybridized carbons (Fsp3) is 0.250. The molecule has 0 unspecified atom stereocenters. The van der Waals surface area contributed by atoms with Gasteiger partial charge in [-0.3, -0.25) is 0 Å². The molecule has 2 aromatic carbocycles. The summed E-state index contributed by atoms with van der Waals surface area (Å²) in [6.45, 7) is 0. The van der Waals surface area contributed by atoms with Gasteiger partial charge in [-0.2, -0.15) is 0 Å². The Morgan fingerprint density at radius 3 is 1.15 bits per heavy atom. The van der Waals surface area contributed by atoms with Gasteiger partial charge < -0.3 is 24.8 Å². The molecule has 0 saturated heterocycles. The molecule has 0 amide bonds. The first-order chi connectivity index (χ1) is 11.6. The van der Waals surface area contributed by atoms with Crippen LogP contribution in [-0.4, -0.2) is 12.4 Å². The Balaban J connectivity index is 0.00000338. The third kappa shape index (κ3) is 10.9. The number of hydrogen-bond acceptors (Lipinski definition) is 2. The zero-order chi connectivity index (χ0) is 18.5. The number of alkyl halides is 6. The van der Waals surface area contributed by atoms with Crippen LogP contribution < -0.4 is 30.4 Å². The molecule has 0 bridgehead atoms. The van der Waals surface area contributed by atoms with Crippen molar-refractivity contribution in [1.82, 2.24) is 0 Å². The van der Waals surface area contributed by atoms with Crippen molar-refractivity contribution in [1.29, 1.82) is 0 Å². The molecule has 0 saturated carbocycles. The molecule has 0 atom stereocenters. The standard InChI is InChI=1S/2C8H7F3O.2ClH.Zr/c2*9-8(10,11)5-6-1-3-7(12)4-2-6;;;/h2*1-4,12H,5H2;2*1H;/q;;;;+4/p-4. The fourth-order valence-electron chi connectivity index (χ4n) is 1.93. The molecule has 11 heteroatoms. The van der Waals surface area contributed by atoms with Gasteiger partial charge in [0.25, 0.3) is 0 Å². The summed E-state index contributed by atoms with van der Waals surface area (Å²) in [5.41, 5.74) is 0.262. The van der Waals surface area contributed by atoms with Crippen LogP contribution in [0, 0.1) is 0 Å². The van der Waals surface area contributed by atoms with Crippen molar-refractivity contribution in [2.75, 3.05) is 0 Å². The summed E-state index contributed by atoms with van der Waals surface area (Å²) in [5.74, 6) is 0.789. The van der Waals surface area contributed by atoms with Gasteiger partial charge >= 0.3 is 152 Å². The van der Waals surface area contributed by atoms with Gasteiger partial charge in [0, 0.05) is 0 Å². The smallest absolute Gasteiger partial charge is 1.00 e. The molecular weight excluding hydrogens is 500 g/mol. The quantitative estimate of drug-likeness (QED) is 0.476. The Morgan fingerprint density at radius 1 is 0.593 bits per heavy atom. The molecule has 27 heavy (non-hydrogen) atoms. The molecule has 0 aliphatic rings. The van der Waals surface area contributed by atoms with Gasteiger partial charge in [-0.15, -0.1) is 0 Å². The van der Waals surface area contributed by atoms with E-state index in [1.807, 2.05) is 0 Å². The average Bonchev–Trinajstić information content (AvgIpc) is 2.48. The molecule has 0 aliphatic carbocycles. The second kappa shape index (κ2) is 11.2. The van der Waals surface area contributed by atoms with Crippen LogP contribution in [0.5, 0.6) is 11.5 Å². The van der Waals surface area contributed by atoms with E-state index in [0.717, 1.165) is 0 Å². The van der Waals surface area contributed by atoms with Crippen molar-refractivity contribution in [2.24, 2.45) is 0 Å². The number of hydrogen-bond donors (Lipinski definition) is 0. The van der Waals surface area contributed by atoms with Gasteiger partial charge in [0.15, 0.2) is 0 Å². The van der Waals surface area contributed by atoms with E-state index in [1.165, 1.54) is 48.5 Å². The molecule has 2 nitrogen and oxygen atoms in total. The van der Waals surface area contributed by atoms with E-state index >= 15 is 0 Å². The Bertz CT molecular complexity index is 616. The Hall–Kier alpha value is -0.917. The number of rotatable bonds is 6. The molecule has 0 N–H and O–H groups in total. The van der Waals surface area contributed by atoms with Crippen molar-refractivity contribution < 1.29 is 80.9 Å². The number of benzene rings is 2. The topological polar surface area (TPSA) is 18.5 Å². The normalized spacial score (nSPS) is 10.9. The van der Waals surface area contributed by atoms with Gasteiger partial charge in [0.2, 0.25) is 0 Å². The van der Waals surface area contributed by atoms with E-state index in [-0.39, 0.29) is 35.9 Å². The van der Waals surface area contributed by atoms with Crippen molar-refractivity contribution in [3.8, 4) is 11.5 Å². The molecule has 0 aliphatic heterocycles. The summed E-state index contributed by atoms with van der Waals surface area (Å²) in [4.78, 5) is 0. The van der Waals surface area contributed by atoms with Crippen molar-refractivity contribution in [3.63, 3.8) is 0 Å².